The third-order valence-corrected chi connectivity index (χ3v) is 5.31. The molecule has 1 amide bonds. The molecule has 140 valence electrons. The maximum Gasteiger partial charge on any atom is 0.251 e. The molecule has 0 spiro atoms. The van der Waals surface area contributed by atoms with E-state index in [1.807, 2.05) is 35.7 Å². The van der Waals surface area contributed by atoms with Gasteiger partial charge in [-0.05, 0) is 42.1 Å². The van der Waals surface area contributed by atoms with Gasteiger partial charge in [0.05, 0.1) is 7.11 Å². The van der Waals surface area contributed by atoms with Gasteiger partial charge in [-0.15, -0.1) is 11.3 Å². The van der Waals surface area contributed by atoms with Crippen LogP contribution in [0, 0.1) is 0 Å². The number of halogens is 1. The Balaban J connectivity index is 1.61. The standard InChI is InChI=1S/C21H20ClNO3S/c1-25-20-13-15(21(24)23-11-10-17-6-4-12-27-17)8-9-19(20)26-14-16-5-2-3-7-18(16)22/h2-9,12-13H,10-11,14H2,1H3,(H,23,24). The van der Waals surface area contributed by atoms with Crippen molar-refractivity contribution in [1.82, 2.24) is 5.32 Å². The highest BCUT2D eigenvalue weighted by molar-refractivity contribution is 7.09. The number of rotatable bonds is 8. The van der Waals surface area contributed by atoms with Crippen molar-refractivity contribution in [2.75, 3.05) is 13.7 Å². The van der Waals surface area contributed by atoms with Crippen molar-refractivity contribution in [1.29, 1.82) is 0 Å². The molecule has 0 unspecified atom stereocenters. The quantitative estimate of drug-likeness (QED) is 0.580. The Bertz CT molecular complexity index is 896. The van der Waals surface area contributed by atoms with Crippen LogP contribution < -0.4 is 14.8 Å². The molecule has 1 heterocycles. The van der Waals surface area contributed by atoms with Crippen molar-refractivity contribution in [2.24, 2.45) is 0 Å². The molecule has 4 nitrogen and oxygen atoms in total. The van der Waals surface area contributed by atoms with Gasteiger partial charge in [0.2, 0.25) is 0 Å². The van der Waals surface area contributed by atoms with Crippen LogP contribution in [0.25, 0.3) is 0 Å². The van der Waals surface area contributed by atoms with Gasteiger partial charge in [-0.3, -0.25) is 4.79 Å². The van der Waals surface area contributed by atoms with Crippen LogP contribution in [0.2, 0.25) is 5.02 Å². The van der Waals surface area contributed by atoms with Gasteiger partial charge in [0.15, 0.2) is 11.5 Å². The lowest BCUT2D eigenvalue weighted by molar-refractivity contribution is 0.0953. The third kappa shape index (κ3) is 5.25. The molecule has 27 heavy (non-hydrogen) atoms. The van der Waals surface area contributed by atoms with Crippen molar-refractivity contribution in [3.05, 3.63) is 81.0 Å². The summed E-state index contributed by atoms with van der Waals surface area (Å²) in [7, 11) is 1.55. The van der Waals surface area contributed by atoms with Crippen LogP contribution >= 0.6 is 22.9 Å². The highest BCUT2D eigenvalue weighted by Crippen LogP contribution is 2.29. The molecule has 0 aliphatic heterocycles. The first-order valence-electron chi connectivity index (χ1n) is 8.52. The maximum atomic E-state index is 12.4. The van der Waals surface area contributed by atoms with E-state index in [2.05, 4.69) is 11.4 Å². The molecule has 1 aromatic heterocycles. The zero-order chi connectivity index (χ0) is 19.1. The van der Waals surface area contributed by atoms with Gasteiger partial charge >= 0.3 is 0 Å². The number of hydrogen-bond donors (Lipinski definition) is 1. The van der Waals surface area contributed by atoms with E-state index in [0.29, 0.717) is 35.2 Å². The number of hydrogen-bond acceptors (Lipinski definition) is 4. The number of nitrogens with one attached hydrogen (secondary N) is 1. The van der Waals surface area contributed by atoms with Crippen LogP contribution in [0.15, 0.2) is 60.0 Å². The van der Waals surface area contributed by atoms with Gasteiger partial charge in [-0.25, -0.2) is 0 Å². The summed E-state index contributed by atoms with van der Waals surface area (Å²) in [5.41, 5.74) is 1.42. The molecular formula is C21H20ClNO3S. The van der Waals surface area contributed by atoms with E-state index in [4.69, 9.17) is 21.1 Å². The van der Waals surface area contributed by atoms with E-state index < -0.39 is 0 Å². The normalized spacial score (nSPS) is 10.4. The third-order valence-electron chi connectivity index (χ3n) is 4.00. The Morgan fingerprint density at radius 2 is 1.96 bits per heavy atom. The van der Waals surface area contributed by atoms with Crippen LogP contribution in [-0.2, 0) is 13.0 Å². The molecule has 3 aromatic rings. The molecule has 0 aliphatic carbocycles. The van der Waals surface area contributed by atoms with Gasteiger partial charge < -0.3 is 14.8 Å². The van der Waals surface area contributed by atoms with E-state index >= 15 is 0 Å². The molecule has 0 saturated carbocycles. The number of thiophene rings is 1. The fourth-order valence-corrected chi connectivity index (χ4v) is 3.45. The SMILES string of the molecule is COc1cc(C(=O)NCCc2cccs2)ccc1OCc1ccccc1Cl. The predicted octanol–water partition coefficient (Wildman–Crippen LogP) is 4.96. The van der Waals surface area contributed by atoms with Gasteiger partial charge in [-0.2, -0.15) is 0 Å². The number of amides is 1. The van der Waals surface area contributed by atoms with Crippen molar-refractivity contribution in [3.63, 3.8) is 0 Å². The number of carbonyl (C=O) groups is 1. The zero-order valence-electron chi connectivity index (χ0n) is 14.9. The second-order valence-electron chi connectivity index (χ2n) is 5.83. The molecule has 0 bridgehead atoms. The average molecular weight is 402 g/mol. The molecule has 2 aromatic carbocycles. The molecule has 0 fully saturated rings. The van der Waals surface area contributed by atoms with Gasteiger partial charge in [-0.1, -0.05) is 35.9 Å². The Labute approximate surface area is 167 Å². The Kier molecular flexibility index (Phi) is 6.74. The van der Waals surface area contributed by atoms with Crippen LogP contribution in [0.1, 0.15) is 20.8 Å². The van der Waals surface area contributed by atoms with E-state index in [-0.39, 0.29) is 5.91 Å². The van der Waals surface area contributed by atoms with Crippen molar-refractivity contribution >= 4 is 28.8 Å². The summed E-state index contributed by atoms with van der Waals surface area (Å²) in [5.74, 6) is 0.933. The first kappa shape index (κ1) is 19.3. The van der Waals surface area contributed by atoms with Gasteiger partial charge in [0.25, 0.3) is 5.91 Å². The topological polar surface area (TPSA) is 47.6 Å². The van der Waals surface area contributed by atoms with Crippen LogP contribution in [-0.4, -0.2) is 19.6 Å². The van der Waals surface area contributed by atoms with E-state index in [1.165, 1.54) is 4.88 Å². The Hall–Kier alpha value is -2.50. The summed E-state index contributed by atoms with van der Waals surface area (Å²) in [4.78, 5) is 13.6. The zero-order valence-corrected chi connectivity index (χ0v) is 16.5. The fourth-order valence-electron chi connectivity index (χ4n) is 2.56. The first-order chi connectivity index (χ1) is 13.2. The van der Waals surface area contributed by atoms with Crippen LogP contribution in [0.3, 0.4) is 0 Å². The predicted molar refractivity (Wildman–Crippen MR) is 109 cm³/mol. The largest absolute Gasteiger partial charge is 0.493 e. The van der Waals surface area contributed by atoms with Crippen molar-refractivity contribution in [3.8, 4) is 11.5 Å². The van der Waals surface area contributed by atoms with Gasteiger partial charge in [0, 0.05) is 27.6 Å². The molecule has 6 heteroatoms. The number of carbonyl (C=O) groups excluding carboxylic acids is 1. The monoisotopic (exact) mass is 401 g/mol. The molecule has 0 radical (unpaired) electrons. The minimum Gasteiger partial charge on any atom is -0.493 e. The van der Waals surface area contributed by atoms with E-state index in [1.54, 1.807) is 36.6 Å². The average Bonchev–Trinajstić information content (AvgIpc) is 3.20. The Morgan fingerprint density at radius 3 is 2.70 bits per heavy atom. The number of ether oxygens (including phenoxy) is 2. The van der Waals surface area contributed by atoms with Crippen molar-refractivity contribution < 1.29 is 14.3 Å². The number of benzene rings is 2. The molecule has 0 aliphatic rings. The molecular weight excluding hydrogens is 382 g/mol. The summed E-state index contributed by atoms with van der Waals surface area (Å²) >= 11 is 7.84. The Morgan fingerprint density at radius 1 is 1.11 bits per heavy atom. The minimum absolute atomic E-state index is 0.137. The lowest BCUT2D eigenvalue weighted by atomic mass is 10.2. The molecule has 1 N–H and O–H groups in total. The summed E-state index contributed by atoms with van der Waals surface area (Å²) in [5, 5.41) is 5.61. The maximum absolute atomic E-state index is 12.4. The fraction of sp³-hybridized carbons (Fsp3) is 0.190. The number of methoxy groups -OCH3 is 1. The van der Waals surface area contributed by atoms with Crippen LogP contribution in [0.4, 0.5) is 0 Å². The second kappa shape index (κ2) is 9.44. The van der Waals surface area contributed by atoms with Crippen LogP contribution in [0.5, 0.6) is 11.5 Å². The molecule has 0 saturated heterocycles. The highest BCUT2D eigenvalue weighted by atomic mass is 35.5. The summed E-state index contributed by atoms with van der Waals surface area (Å²) in [6.45, 7) is 0.912. The summed E-state index contributed by atoms with van der Waals surface area (Å²) in [6.07, 6.45) is 0.819. The van der Waals surface area contributed by atoms with Gasteiger partial charge in [0.1, 0.15) is 6.61 Å². The smallest absolute Gasteiger partial charge is 0.251 e. The van der Waals surface area contributed by atoms with Crippen molar-refractivity contribution in [2.45, 2.75) is 13.0 Å². The second-order valence-corrected chi connectivity index (χ2v) is 7.27. The summed E-state index contributed by atoms with van der Waals surface area (Å²) in [6, 6.07) is 16.7. The highest BCUT2D eigenvalue weighted by Gasteiger charge is 2.12. The minimum atomic E-state index is -0.137. The summed E-state index contributed by atoms with van der Waals surface area (Å²) < 4.78 is 11.2. The molecule has 0 atom stereocenters. The molecule has 3 rings (SSSR count). The lowest BCUT2D eigenvalue weighted by Crippen LogP contribution is -2.25. The first-order valence-corrected chi connectivity index (χ1v) is 9.78. The lowest BCUT2D eigenvalue weighted by Gasteiger charge is -2.13. The van der Waals surface area contributed by atoms with E-state index in [9.17, 15) is 4.79 Å². The van der Waals surface area contributed by atoms with E-state index in [0.717, 1.165) is 12.0 Å².